The van der Waals surface area contributed by atoms with Crippen molar-refractivity contribution in [2.45, 2.75) is 19.1 Å². The lowest BCUT2D eigenvalue weighted by atomic mass is 10.2. The van der Waals surface area contributed by atoms with Crippen LogP contribution in [0.1, 0.15) is 6.92 Å². The van der Waals surface area contributed by atoms with Gasteiger partial charge in [0.2, 0.25) is 0 Å². The van der Waals surface area contributed by atoms with Crippen LogP contribution in [0.5, 0.6) is 0 Å². The summed E-state index contributed by atoms with van der Waals surface area (Å²) in [5.41, 5.74) is 0. The van der Waals surface area contributed by atoms with Crippen molar-refractivity contribution in [3.8, 4) is 0 Å². The maximum Gasteiger partial charge on any atom is 0.416 e. The number of aliphatic hydroxyl groups excluding tert-OH is 1. The number of halogens is 2. The number of rotatable bonds is 2. The maximum atomic E-state index is 13.4. The zero-order chi connectivity index (χ0) is 12.6. The van der Waals surface area contributed by atoms with Gasteiger partial charge in [0.25, 0.3) is 0 Å². The predicted octanol–water partition coefficient (Wildman–Crippen LogP) is 0.461. The SMILES string of the molecule is C[C@@H](O)C1COC(=O)N1c1nc(F)ncc1F. The van der Waals surface area contributed by atoms with Crippen LogP contribution in [0.2, 0.25) is 0 Å². The monoisotopic (exact) mass is 245 g/mol. The van der Waals surface area contributed by atoms with Crippen LogP contribution in [0.3, 0.4) is 0 Å². The number of amides is 1. The van der Waals surface area contributed by atoms with Gasteiger partial charge in [0.05, 0.1) is 12.3 Å². The molecule has 17 heavy (non-hydrogen) atoms. The van der Waals surface area contributed by atoms with E-state index in [4.69, 9.17) is 0 Å². The van der Waals surface area contributed by atoms with Gasteiger partial charge in [0.15, 0.2) is 11.6 Å². The lowest BCUT2D eigenvalue weighted by molar-refractivity contribution is 0.142. The fraction of sp³-hybridized carbons (Fsp3) is 0.444. The van der Waals surface area contributed by atoms with Crippen molar-refractivity contribution in [2.75, 3.05) is 11.5 Å². The molecule has 6 nitrogen and oxygen atoms in total. The molecule has 1 N–H and O–H groups in total. The minimum Gasteiger partial charge on any atom is -0.447 e. The third kappa shape index (κ3) is 2.03. The van der Waals surface area contributed by atoms with Crippen molar-refractivity contribution in [3.05, 3.63) is 18.1 Å². The second-order valence-electron chi connectivity index (χ2n) is 3.57. The van der Waals surface area contributed by atoms with Crippen LogP contribution < -0.4 is 4.90 Å². The van der Waals surface area contributed by atoms with Gasteiger partial charge in [-0.3, -0.25) is 0 Å². The second-order valence-corrected chi connectivity index (χ2v) is 3.57. The molecule has 0 aliphatic carbocycles. The van der Waals surface area contributed by atoms with E-state index >= 15 is 0 Å². The molecule has 1 unspecified atom stereocenters. The summed E-state index contributed by atoms with van der Waals surface area (Å²) < 4.78 is 30.9. The van der Waals surface area contributed by atoms with Crippen molar-refractivity contribution in [2.24, 2.45) is 0 Å². The number of hydrogen-bond acceptors (Lipinski definition) is 5. The maximum absolute atomic E-state index is 13.4. The van der Waals surface area contributed by atoms with E-state index < -0.39 is 36.0 Å². The smallest absolute Gasteiger partial charge is 0.416 e. The quantitative estimate of drug-likeness (QED) is 0.766. The van der Waals surface area contributed by atoms with E-state index in [1.807, 2.05) is 0 Å². The van der Waals surface area contributed by atoms with Gasteiger partial charge in [0, 0.05) is 0 Å². The first-order chi connectivity index (χ1) is 8.00. The average Bonchev–Trinajstić information content (AvgIpc) is 2.64. The fourth-order valence-electron chi connectivity index (χ4n) is 1.54. The van der Waals surface area contributed by atoms with E-state index in [9.17, 15) is 18.7 Å². The molecule has 0 saturated carbocycles. The van der Waals surface area contributed by atoms with Crippen LogP contribution >= 0.6 is 0 Å². The summed E-state index contributed by atoms with van der Waals surface area (Å²) in [6.07, 6.45) is -2.39. The number of cyclic esters (lactones) is 1. The summed E-state index contributed by atoms with van der Waals surface area (Å²) in [5.74, 6) is -1.50. The highest BCUT2D eigenvalue weighted by atomic mass is 19.1. The zero-order valence-corrected chi connectivity index (χ0v) is 8.80. The Labute approximate surface area is 94.8 Å². The van der Waals surface area contributed by atoms with E-state index in [0.717, 1.165) is 4.90 Å². The van der Waals surface area contributed by atoms with Crippen LogP contribution in [0.15, 0.2) is 6.20 Å². The minimum atomic E-state index is -1.16. The first-order valence-electron chi connectivity index (χ1n) is 4.83. The number of aliphatic hydroxyl groups is 1. The van der Waals surface area contributed by atoms with Crippen LogP contribution in [0, 0.1) is 11.9 Å². The van der Waals surface area contributed by atoms with Crippen molar-refractivity contribution < 1.29 is 23.4 Å². The first-order valence-corrected chi connectivity index (χ1v) is 4.83. The molecule has 0 spiro atoms. The summed E-state index contributed by atoms with van der Waals surface area (Å²) in [6, 6.07) is -0.800. The Morgan fingerprint density at radius 3 is 3.00 bits per heavy atom. The Bertz CT molecular complexity index is 455. The van der Waals surface area contributed by atoms with E-state index in [1.165, 1.54) is 6.92 Å². The molecule has 1 fully saturated rings. The number of carbonyl (C=O) groups is 1. The van der Waals surface area contributed by atoms with Gasteiger partial charge < -0.3 is 9.84 Å². The summed E-state index contributed by atoms with van der Waals surface area (Å²) in [4.78, 5) is 18.4. The van der Waals surface area contributed by atoms with E-state index in [2.05, 4.69) is 14.7 Å². The fourth-order valence-corrected chi connectivity index (χ4v) is 1.54. The lowest BCUT2D eigenvalue weighted by Gasteiger charge is -2.22. The number of aromatic nitrogens is 2. The summed E-state index contributed by atoms with van der Waals surface area (Å²) in [5, 5.41) is 9.43. The zero-order valence-electron chi connectivity index (χ0n) is 8.80. The molecule has 1 aromatic rings. The highest BCUT2D eigenvalue weighted by Gasteiger charge is 2.39. The Kier molecular flexibility index (Phi) is 2.88. The lowest BCUT2D eigenvalue weighted by Crippen LogP contribution is -2.42. The van der Waals surface area contributed by atoms with Gasteiger partial charge in [0.1, 0.15) is 12.6 Å². The van der Waals surface area contributed by atoms with Crippen LogP contribution in [0.4, 0.5) is 19.4 Å². The van der Waals surface area contributed by atoms with E-state index in [1.54, 1.807) is 0 Å². The molecule has 1 aliphatic rings. The van der Waals surface area contributed by atoms with Gasteiger partial charge in [-0.25, -0.2) is 19.1 Å². The molecular weight excluding hydrogens is 236 g/mol. The Morgan fingerprint density at radius 1 is 1.65 bits per heavy atom. The number of nitrogens with zero attached hydrogens (tertiary/aromatic N) is 3. The van der Waals surface area contributed by atoms with Gasteiger partial charge in [-0.1, -0.05) is 0 Å². The number of hydrogen-bond donors (Lipinski definition) is 1. The topological polar surface area (TPSA) is 75.6 Å². The van der Waals surface area contributed by atoms with Gasteiger partial charge >= 0.3 is 12.2 Å². The number of anilines is 1. The van der Waals surface area contributed by atoms with Crippen LogP contribution in [-0.2, 0) is 4.74 Å². The molecule has 0 radical (unpaired) electrons. The highest BCUT2D eigenvalue weighted by molar-refractivity contribution is 5.89. The van der Waals surface area contributed by atoms with Gasteiger partial charge in [-0.2, -0.15) is 9.37 Å². The average molecular weight is 245 g/mol. The molecule has 92 valence electrons. The third-order valence-corrected chi connectivity index (χ3v) is 2.39. The van der Waals surface area contributed by atoms with Gasteiger partial charge in [-0.15, -0.1) is 0 Å². The number of carbonyl (C=O) groups excluding carboxylic acids is 1. The van der Waals surface area contributed by atoms with Crippen molar-refractivity contribution in [1.29, 1.82) is 0 Å². The normalized spacial score (nSPS) is 21.5. The summed E-state index contributed by atoms with van der Waals surface area (Å²) in [6.45, 7) is 1.30. The van der Waals surface area contributed by atoms with Crippen molar-refractivity contribution in [1.82, 2.24) is 9.97 Å². The minimum absolute atomic E-state index is 0.110. The molecule has 2 heterocycles. The molecule has 2 atom stereocenters. The van der Waals surface area contributed by atoms with Crippen molar-refractivity contribution in [3.63, 3.8) is 0 Å². The molecule has 1 amide bonds. The predicted molar refractivity (Wildman–Crippen MR) is 51.2 cm³/mol. The summed E-state index contributed by atoms with van der Waals surface area (Å²) in [7, 11) is 0. The van der Waals surface area contributed by atoms with E-state index in [-0.39, 0.29) is 6.61 Å². The van der Waals surface area contributed by atoms with Crippen LogP contribution in [0.25, 0.3) is 0 Å². The van der Waals surface area contributed by atoms with Gasteiger partial charge in [-0.05, 0) is 6.92 Å². The molecule has 1 aliphatic heterocycles. The summed E-state index contributed by atoms with van der Waals surface area (Å²) >= 11 is 0. The Morgan fingerprint density at radius 2 is 2.35 bits per heavy atom. The molecule has 8 heteroatoms. The second kappa shape index (κ2) is 4.21. The number of ether oxygens (including phenoxy) is 1. The van der Waals surface area contributed by atoms with Crippen molar-refractivity contribution >= 4 is 11.9 Å². The third-order valence-electron chi connectivity index (χ3n) is 2.39. The molecule has 0 aromatic carbocycles. The Hall–Kier alpha value is -1.83. The highest BCUT2D eigenvalue weighted by Crippen LogP contribution is 2.25. The molecule has 0 bridgehead atoms. The molecule has 1 saturated heterocycles. The Balaban J connectivity index is 2.42. The van der Waals surface area contributed by atoms with E-state index in [0.29, 0.717) is 6.20 Å². The molecule has 1 aromatic heterocycles. The molecule has 2 rings (SSSR count). The van der Waals surface area contributed by atoms with Crippen LogP contribution in [-0.4, -0.2) is 39.9 Å². The molecular formula is C9H9F2N3O3. The first kappa shape index (κ1) is 11.6. The largest absolute Gasteiger partial charge is 0.447 e. The standard InChI is InChI=1S/C9H9F2N3O3/c1-4(15)6-3-17-9(16)14(6)7-5(10)2-12-8(11)13-7/h2,4,6,15H,3H2,1H3/t4-,6?/m1/s1.